The number of rotatable bonds is 5. The van der Waals surface area contributed by atoms with Crippen LogP contribution in [-0.4, -0.2) is 39.5 Å². The molecule has 0 aliphatic heterocycles. The fourth-order valence-corrected chi connectivity index (χ4v) is 0.942. The zero-order valence-corrected chi connectivity index (χ0v) is 9.11. The average molecular weight is 199 g/mol. The van der Waals surface area contributed by atoms with Crippen LogP contribution in [0.4, 0.5) is 0 Å². The minimum absolute atomic E-state index is 0.164. The molecule has 1 heterocycles. The van der Waals surface area contributed by atoms with Crippen molar-refractivity contribution in [1.29, 1.82) is 0 Å². The molecule has 0 aromatic carbocycles. The molecule has 1 aromatic heterocycles. The van der Waals surface area contributed by atoms with Gasteiger partial charge in [-0.15, -0.1) is 10.2 Å². The Morgan fingerprint density at radius 1 is 1.50 bits per heavy atom. The van der Waals surface area contributed by atoms with E-state index >= 15 is 0 Å². The van der Waals surface area contributed by atoms with Gasteiger partial charge in [-0.05, 0) is 19.1 Å². The number of hydrogen-bond donors (Lipinski definition) is 1. The highest BCUT2D eigenvalue weighted by Gasteiger charge is 2.15. The number of aromatic nitrogens is 4. The van der Waals surface area contributed by atoms with Crippen LogP contribution < -0.4 is 5.32 Å². The lowest BCUT2D eigenvalue weighted by Gasteiger charge is -2.22. The normalized spacial score (nSPS) is 12.0. The van der Waals surface area contributed by atoms with Gasteiger partial charge in [0.1, 0.15) is 0 Å². The average Bonchev–Trinajstić information content (AvgIpc) is 2.51. The zero-order valence-electron chi connectivity index (χ0n) is 9.11. The summed E-state index contributed by atoms with van der Waals surface area (Å²) in [6, 6.07) is 0. The summed E-state index contributed by atoms with van der Waals surface area (Å²) in [5.74, 6) is 0.694. The predicted molar refractivity (Wildman–Crippen MR) is 51.6 cm³/mol. The van der Waals surface area contributed by atoms with E-state index in [0.717, 1.165) is 6.54 Å². The largest absolute Gasteiger partial charge is 0.377 e. The van der Waals surface area contributed by atoms with Crippen LogP contribution >= 0.6 is 0 Å². The lowest BCUT2D eigenvalue weighted by molar-refractivity contribution is 0.0229. The van der Waals surface area contributed by atoms with Crippen LogP contribution in [0.15, 0.2) is 0 Å². The number of nitrogens with zero attached hydrogens (tertiary/aromatic N) is 4. The molecule has 0 amide bonds. The fraction of sp³-hybridized carbons (Fsp3) is 0.875. The summed E-state index contributed by atoms with van der Waals surface area (Å²) in [5, 5.41) is 14.8. The molecule has 14 heavy (non-hydrogen) atoms. The van der Waals surface area contributed by atoms with E-state index in [1.807, 2.05) is 13.8 Å². The van der Waals surface area contributed by atoms with E-state index in [-0.39, 0.29) is 5.60 Å². The Balaban J connectivity index is 2.28. The van der Waals surface area contributed by atoms with Gasteiger partial charge in [0.05, 0.1) is 19.2 Å². The van der Waals surface area contributed by atoms with Crippen molar-refractivity contribution >= 4 is 0 Å². The highest BCUT2D eigenvalue weighted by atomic mass is 16.5. The van der Waals surface area contributed by atoms with Crippen LogP contribution in [0.2, 0.25) is 0 Å². The van der Waals surface area contributed by atoms with E-state index < -0.39 is 0 Å². The SMILES string of the molecule is COC(C)(C)CNCc1nnn(C)n1. The molecule has 0 aliphatic carbocycles. The molecule has 1 rings (SSSR count). The molecule has 0 unspecified atom stereocenters. The molecule has 1 N–H and O–H groups in total. The summed E-state index contributed by atoms with van der Waals surface area (Å²) in [7, 11) is 3.44. The van der Waals surface area contributed by atoms with Crippen LogP contribution in [0.25, 0.3) is 0 Å². The standard InChI is InChI=1S/C8H17N5O/c1-8(2,14-4)6-9-5-7-10-12-13(3)11-7/h9H,5-6H2,1-4H3. The molecule has 0 spiro atoms. The first-order valence-electron chi connectivity index (χ1n) is 4.52. The minimum Gasteiger partial charge on any atom is -0.377 e. The van der Waals surface area contributed by atoms with E-state index in [1.54, 1.807) is 14.2 Å². The minimum atomic E-state index is -0.164. The number of tetrazole rings is 1. The van der Waals surface area contributed by atoms with Crippen LogP contribution in [-0.2, 0) is 18.3 Å². The van der Waals surface area contributed by atoms with Gasteiger partial charge in [-0.2, -0.15) is 4.80 Å². The molecule has 1 aromatic rings. The van der Waals surface area contributed by atoms with E-state index in [4.69, 9.17) is 4.74 Å². The van der Waals surface area contributed by atoms with Crippen molar-refractivity contribution in [2.45, 2.75) is 26.0 Å². The molecular weight excluding hydrogens is 182 g/mol. The summed E-state index contributed by atoms with van der Waals surface area (Å²) in [4.78, 5) is 1.44. The lowest BCUT2D eigenvalue weighted by atomic mass is 10.1. The molecule has 0 saturated carbocycles. The second kappa shape index (κ2) is 4.47. The monoisotopic (exact) mass is 199 g/mol. The van der Waals surface area contributed by atoms with E-state index in [0.29, 0.717) is 12.4 Å². The van der Waals surface area contributed by atoms with Gasteiger partial charge in [-0.1, -0.05) is 0 Å². The summed E-state index contributed by atoms with van der Waals surface area (Å²) >= 11 is 0. The number of ether oxygens (including phenoxy) is 1. The van der Waals surface area contributed by atoms with Crippen LogP contribution in [0.5, 0.6) is 0 Å². The predicted octanol–water partition coefficient (Wildman–Crippen LogP) is -0.275. The van der Waals surface area contributed by atoms with Gasteiger partial charge in [0.2, 0.25) is 0 Å². The topological polar surface area (TPSA) is 64.9 Å². The van der Waals surface area contributed by atoms with Crippen molar-refractivity contribution < 1.29 is 4.74 Å². The van der Waals surface area contributed by atoms with Gasteiger partial charge < -0.3 is 10.1 Å². The Bertz CT molecular complexity index is 283. The Morgan fingerprint density at radius 2 is 2.21 bits per heavy atom. The molecule has 6 heteroatoms. The molecule has 0 aliphatic rings. The van der Waals surface area contributed by atoms with Crippen molar-refractivity contribution in [3.8, 4) is 0 Å². The fourth-order valence-electron chi connectivity index (χ4n) is 0.942. The summed E-state index contributed by atoms with van der Waals surface area (Å²) in [6.45, 7) is 5.40. The number of nitrogens with one attached hydrogen (secondary N) is 1. The van der Waals surface area contributed by atoms with Crippen LogP contribution in [0, 0.1) is 0 Å². The highest BCUT2D eigenvalue weighted by Crippen LogP contribution is 2.04. The molecule has 80 valence electrons. The molecule has 6 nitrogen and oxygen atoms in total. The highest BCUT2D eigenvalue weighted by molar-refractivity contribution is 4.78. The van der Waals surface area contributed by atoms with Gasteiger partial charge in [0.15, 0.2) is 5.82 Å². The molecule has 0 fully saturated rings. The van der Waals surface area contributed by atoms with Crippen LogP contribution in [0.1, 0.15) is 19.7 Å². The first-order chi connectivity index (χ1) is 6.53. The van der Waals surface area contributed by atoms with Gasteiger partial charge in [0.25, 0.3) is 0 Å². The van der Waals surface area contributed by atoms with Gasteiger partial charge in [-0.3, -0.25) is 0 Å². The van der Waals surface area contributed by atoms with E-state index in [2.05, 4.69) is 20.7 Å². The number of hydrogen-bond acceptors (Lipinski definition) is 5. The third-order valence-corrected chi connectivity index (χ3v) is 1.94. The maximum Gasteiger partial charge on any atom is 0.188 e. The second-order valence-electron chi connectivity index (χ2n) is 3.76. The summed E-state index contributed by atoms with van der Waals surface area (Å²) in [5.41, 5.74) is -0.164. The van der Waals surface area contributed by atoms with E-state index in [9.17, 15) is 0 Å². The van der Waals surface area contributed by atoms with Crippen molar-refractivity contribution in [3.05, 3.63) is 5.82 Å². The Hall–Kier alpha value is -1.01. The molecule has 0 radical (unpaired) electrons. The summed E-state index contributed by atoms with van der Waals surface area (Å²) < 4.78 is 5.26. The van der Waals surface area contributed by atoms with Crippen molar-refractivity contribution in [3.63, 3.8) is 0 Å². The Morgan fingerprint density at radius 3 is 2.71 bits per heavy atom. The molecular formula is C8H17N5O. The van der Waals surface area contributed by atoms with Gasteiger partial charge in [-0.25, -0.2) is 0 Å². The second-order valence-corrected chi connectivity index (χ2v) is 3.76. The van der Waals surface area contributed by atoms with Gasteiger partial charge in [0, 0.05) is 13.7 Å². The van der Waals surface area contributed by atoms with Gasteiger partial charge >= 0.3 is 0 Å². The first kappa shape index (κ1) is 11.1. The Kier molecular flexibility index (Phi) is 3.54. The smallest absolute Gasteiger partial charge is 0.188 e. The third kappa shape index (κ3) is 3.39. The van der Waals surface area contributed by atoms with Crippen molar-refractivity contribution in [1.82, 2.24) is 25.5 Å². The van der Waals surface area contributed by atoms with Crippen LogP contribution in [0.3, 0.4) is 0 Å². The van der Waals surface area contributed by atoms with E-state index in [1.165, 1.54) is 4.80 Å². The van der Waals surface area contributed by atoms with Crippen molar-refractivity contribution in [2.24, 2.45) is 7.05 Å². The number of methoxy groups -OCH3 is 1. The third-order valence-electron chi connectivity index (χ3n) is 1.94. The van der Waals surface area contributed by atoms with Crippen molar-refractivity contribution in [2.75, 3.05) is 13.7 Å². The number of aryl methyl sites for hydroxylation is 1. The maximum absolute atomic E-state index is 5.26. The molecule has 0 atom stereocenters. The zero-order chi connectivity index (χ0) is 10.6. The quantitative estimate of drug-likeness (QED) is 0.707. The first-order valence-corrected chi connectivity index (χ1v) is 4.52. The summed E-state index contributed by atoms with van der Waals surface area (Å²) in [6.07, 6.45) is 0. The maximum atomic E-state index is 5.26. The molecule has 0 bridgehead atoms. The molecule has 0 saturated heterocycles. The lowest BCUT2D eigenvalue weighted by Crippen LogP contribution is -2.36. The Labute approximate surface area is 83.6 Å².